The lowest BCUT2D eigenvalue weighted by Gasteiger charge is -2.14. The number of carbonyl (C=O) groups excluding carboxylic acids is 1. The highest BCUT2D eigenvalue weighted by molar-refractivity contribution is 6.24. The Hall–Kier alpha value is -3.21. The first-order valence-electron chi connectivity index (χ1n) is 9.61. The molecule has 0 unspecified atom stereocenters. The Morgan fingerprint density at radius 3 is 2.64 bits per heavy atom. The summed E-state index contributed by atoms with van der Waals surface area (Å²) in [4.78, 5) is 23.5. The van der Waals surface area contributed by atoms with Crippen molar-refractivity contribution in [2.24, 2.45) is 0 Å². The zero-order chi connectivity index (χ0) is 19.8. The van der Waals surface area contributed by atoms with Crippen molar-refractivity contribution >= 4 is 23.2 Å². The van der Waals surface area contributed by atoms with E-state index in [1.54, 1.807) is 18.2 Å². The minimum Gasteiger partial charge on any atom is -0.352 e. The molecule has 3 rings (SSSR count). The molecule has 0 aromatic heterocycles. The fourth-order valence-electron chi connectivity index (χ4n) is 3.36. The van der Waals surface area contributed by atoms with Gasteiger partial charge in [-0.3, -0.25) is 14.9 Å². The second-order valence-corrected chi connectivity index (χ2v) is 6.89. The van der Waals surface area contributed by atoms with E-state index in [-0.39, 0.29) is 11.6 Å². The van der Waals surface area contributed by atoms with Gasteiger partial charge in [-0.25, -0.2) is 0 Å². The Kier molecular flexibility index (Phi) is 6.73. The number of nitro benzene ring substituents is 1. The average Bonchev–Trinajstić information content (AvgIpc) is 2.73. The third kappa shape index (κ3) is 5.39. The minimum absolute atomic E-state index is 0.00538. The van der Waals surface area contributed by atoms with E-state index in [9.17, 15) is 14.9 Å². The summed E-state index contributed by atoms with van der Waals surface area (Å²) >= 11 is 0. The fraction of sp³-hybridized carbons (Fsp3) is 0.261. The molecule has 0 fully saturated rings. The van der Waals surface area contributed by atoms with Crippen LogP contribution >= 0.6 is 0 Å². The molecule has 2 aromatic carbocycles. The van der Waals surface area contributed by atoms with Crippen LogP contribution in [0.15, 0.2) is 66.2 Å². The molecule has 1 amide bonds. The van der Waals surface area contributed by atoms with Gasteiger partial charge in [0.2, 0.25) is 0 Å². The van der Waals surface area contributed by atoms with Gasteiger partial charge in [0.1, 0.15) is 0 Å². The highest BCUT2D eigenvalue weighted by Crippen LogP contribution is 2.22. The predicted octanol–water partition coefficient (Wildman–Crippen LogP) is 5.14. The van der Waals surface area contributed by atoms with E-state index >= 15 is 0 Å². The Labute approximate surface area is 164 Å². The van der Waals surface area contributed by atoms with Gasteiger partial charge in [0, 0.05) is 24.3 Å². The van der Waals surface area contributed by atoms with Crippen LogP contribution in [0.2, 0.25) is 0 Å². The van der Waals surface area contributed by atoms with Crippen molar-refractivity contribution in [3.05, 3.63) is 87.5 Å². The topological polar surface area (TPSA) is 72.2 Å². The van der Waals surface area contributed by atoms with Gasteiger partial charge in [-0.2, -0.15) is 0 Å². The number of non-ortho nitro benzene ring substituents is 1. The lowest BCUT2D eigenvalue weighted by molar-refractivity contribution is -0.384. The van der Waals surface area contributed by atoms with Crippen LogP contribution in [0, 0.1) is 10.1 Å². The number of rotatable bonds is 7. The number of carbonyl (C=O) groups is 1. The van der Waals surface area contributed by atoms with E-state index in [0.29, 0.717) is 17.7 Å². The van der Waals surface area contributed by atoms with Gasteiger partial charge >= 0.3 is 0 Å². The quantitative estimate of drug-likeness (QED) is 0.239. The van der Waals surface area contributed by atoms with E-state index in [1.165, 1.54) is 30.5 Å². The molecule has 5 nitrogen and oxygen atoms in total. The van der Waals surface area contributed by atoms with Crippen LogP contribution in [0.4, 0.5) is 5.69 Å². The van der Waals surface area contributed by atoms with Crippen molar-refractivity contribution in [2.45, 2.75) is 32.1 Å². The van der Waals surface area contributed by atoms with Gasteiger partial charge in [0.15, 0.2) is 0 Å². The summed E-state index contributed by atoms with van der Waals surface area (Å²) in [7, 11) is 0. The third-order valence-corrected chi connectivity index (χ3v) is 4.84. The second kappa shape index (κ2) is 9.65. The lowest BCUT2D eigenvalue weighted by Crippen LogP contribution is -2.25. The maximum Gasteiger partial charge on any atom is 0.270 e. The Balaban J connectivity index is 1.79. The summed E-state index contributed by atoms with van der Waals surface area (Å²) in [6.07, 6.45) is 9.58. The smallest absolute Gasteiger partial charge is 0.270 e. The van der Waals surface area contributed by atoms with E-state index in [0.717, 1.165) is 24.8 Å². The number of nitro groups is 1. The molecule has 2 aromatic rings. The molecule has 0 atom stereocenters. The number of allylic oxidation sites excluding steroid dienone is 1. The average molecular weight is 376 g/mol. The van der Waals surface area contributed by atoms with Crippen LogP contribution in [-0.4, -0.2) is 17.4 Å². The van der Waals surface area contributed by atoms with Crippen molar-refractivity contribution < 1.29 is 9.72 Å². The largest absolute Gasteiger partial charge is 0.352 e. The fourth-order valence-corrected chi connectivity index (χ4v) is 3.36. The Bertz CT molecular complexity index is 901. The molecule has 0 spiro atoms. The van der Waals surface area contributed by atoms with Gasteiger partial charge in [-0.05, 0) is 49.3 Å². The summed E-state index contributed by atoms with van der Waals surface area (Å²) < 4.78 is 0. The van der Waals surface area contributed by atoms with E-state index in [4.69, 9.17) is 0 Å². The molecular formula is C23H24N2O3. The number of amides is 1. The molecule has 5 heteroatoms. The maximum atomic E-state index is 12.9. The second-order valence-electron chi connectivity index (χ2n) is 6.89. The highest BCUT2D eigenvalue weighted by Gasteiger charge is 2.13. The molecule has 1 aliphatic carbocycles. The van der Waals surface area contributed by atoms with Gasteiger partial charge in [0.05, 0.1) is 4.92 Å². The monoisotopic (exact) mass is 376 g/mol. The van der Waals surface area contributed by atoms with Gasteiger partial charge in [-0.15, -0.1) is 0 Å². The molecule has 0 heterocycles. The lowest BCUT2D eigenvalue weighted by atomic mass is 9.97. The normalized spacial score (nSPS) is 14.3. The maximum absolute atomic E-state index is 12.9. The van der Waals surface area contributed by atoms with E-state index in [2.05, 4.69) is 11.4 Å². The van der Waals surface area contributed by atoms with Crippen LogP contribution in [0.5, 0.6) is 0 Å². The minimum atomic E-state index is -0.433. The van der Waals surface area contributed by atoms with Crippen LogP contribution in [0.3, 0.4) is 0 Å². The van der Waals surface area contributed by atoms with Gasteiger partial charge in [-0.1, -0.05) is 54.1 Å². The van der Waals surface area contributed by atoms with Crippen molar-refractivity contribution in [2.75, 3.05) is 6.54 Å². The van der Waals surface area contributed by atoms with Crippen LogP contribution < -0.4 is 5.32 Å². The number of hydrogen-bond donors (Lipinski definition) is 1. The van der Waals surface area contributed by atoms with Crippen LogP contribution in [-0.2, 0) is 4.79 Å². The molecule has 1 aliphatic rings. The first kappa shape index (κ1) is 19.5. The zero-order valence-corrected chi connectivity index (χ0v) is 15.8. The van der Waals surface area contributed by atoms with Crippen molar-refractivity contribution in [1.29, 1.82) is 0 Å². The molecular weight excluding hydrogens is 352 g/mol. The number of nitrogens with zero attached hydrogens (tertiary/aromatic N) is 1. The van der Waals surface area contributed by atoms with Crippen LogP contribution in [0.25, 0.3) is 11.6 Å². The molecule has 0 aliphatic heterocycles. The first-order chi connectivity index (χ1) is 13.6. The Morgan fingerprint density at radius 2 is 1.93 bits per heavy atom. The molecule has 0 saturated carbocycles. The summed E-state index contributed by atoms with van der Waals surface area (Å²) in [5, 5.41) is 14.0. The highest BCUT2D eigenvalue weighted by atomic mass is 16.6. The molecule has 144 valence electrons. The van der Waals surface area contributed by atoms with Crippen molar-refractivity contribution in [1.82, 2.24) is 5.32 Å². The predicted molar refractivity (Wildman–Crippen MR) is 112 cm³/mol. The summed E-state index contributed by atoms with van der Waals surface area (Å²) in [5.41, 5.74) is 3.32. The third-order valence-electron chi connectivity index (χ3n) is 4.84. The van der Waals surface area contributed by atoms with E-state index in [1.807, 2.05) is 30.3 Å². The van der Waals surface area contributed by atoms with Gasteiger partial charge < -0.3 is 5.32 Å². The van der Waals surface area contributed by atoms with Crippen LogP contribution in [0.1, 0.15) is 43.2 Å². The van der Waals surface area contributed by atoms with Gasteiger partial charge in [0.25, 0.3) is 11.6 Å². The zero-order valence-electron chi connectivity index (χ0n) is 15.8. The first-order valence-corrected chi connectivity index (χ1v) is 9.61. The van der Waals surface area contributed by atoms with Crippen molar-refractivity contribution in [3.63, 3.8) is 0 Å². The van der Waals surface area contributed by atoms with E-state index < -0.39 is 4.92 Å². The Morgan fingerprint density at radius 1 is 1.11 bits per heavy atom. The number of nitrogens with one attached hydrogen (secondary N) is 1. The standard InChI is InChI=1S/C23H24N2O3/c26-23(24-15-14-18-8-3-1-4-9-18)22(20-11-5-2-6-12-20)17-19-10-7-13-21(16-19)25(27)28/h2,5-8,10-13,16-17H,1,3-4,9,14-15H2,(H,24,26). The molecule has 0 radical (unpaired) electrons. The molecule has 0 saturated heterocycles. The molecule has 28 heavy (non-hydrogen) atoms. The molecule has 1 N–H and O–H groups in total. The summed E-state index contributed by atoms with van der Waals surface area (Å²) in [6, 6.07) is 15.7. The summed E-state index contributed by atoms with van der Waals surface area (Å²) in [6.45, 7) is 0.587. The van der Waals surface area contributed by atoms with Crippen molar-refractivity contribution in [3.8, 4) is 0 Å². The summed E-state index contributed by atoms with van der Waals surface area (Å²) in [5.74, 6) is -0.172. The number of benzene rings is 2. The molecule has 0 bridgehead atoms. The SMILES string of the molecule is O=C(NCCC1=CCCCC1)C(=Cc1cccc([N+](=O)[O-])c1)c1ccccc1. The number of hydrogen-bond acceptors (Lipinski definition) is 3.